The SMILES string of the molecule is CCOC(=O)C1C2C(=O)N(c3ccc(OC)cc3OC)C(=O)C2C2C=Cc3c(ccc4ccccc34)N21. The van der Waals surface area contributed by atoms with Crippen molar-refractivity contribution in [3.8, 4) is 11.5 Å². The van der Waals surface area contributed by atoms with E-state index in [9.17, 15) is 14.4 Å². The Morgan fingerprint density at radius 1 is 0.919 bits per heavy atom. The molecule has 2 saturated heterocycles. The number of methoxy groups -OCH3 is 2. The highest BCUT2D eigenvalue weighted by Gasteiger charge is 2.65. The number of nitrogens with zero attached hydrogens (tertiary/aromatic N) is 2. The summed E-state index contributed by atoms with van der Waals surface area (Å²) < 4.78 is 16.2. The predicted molar refractivity (Wildman–Crippen MR) is 139 cm³/mol. The summed E-state index contributed by atoms with van der Waals surface area (Å²) in [7, 11) is 3.00. The first-order valence-corrected chi connectivity index (χ1v) is 12.2. The van der Waals surface area contributed by atoms with Crippen LogP contribution in [0.25, 0.3) is 16.8 Å². The van der Waals surface area contributed by atoms with Gasteiger partial charge in [-0.15, -0.1) is 0 Å². The van der Waals surface area contributed by atoms with E-state index in [2.05, 4.69) is 0 Å². The lowest BCUT2D eigenvalue weighted by Gasteiger charge is -2.36. The summed E-state index contributed by atoms with van der Waals surface area (Å²) in [4.78, 5) is 44.4. The number of carbonyl (C=O) groups excluding carboxylic acids is 3. The molecule has 8 heteroatoms. The average Bonchev–Trinajstić information content (AvgIpc) is 3.40. The van der Waals surface area contributed by atoms with E-state index < -0.39 is 35.8 Å². The average molecular weight is 499 g/mol. The predicted octanol–water partition coefficient (Wildman–Crippen LogP) is 3.81. The number of benzene rings is 3. The van der Waals surface area contributed by atoms with Gasteiger partial charge in [0.15, 0.2) is 0 Å². The van der Waals surface area contributed by atoms with Crippen LogP contribution in [0.15, 0.2) is 60.7 Å². The van der Waals surface area contributed by atoms with Gasteiger partial charge in [-0.3, -0.25) is 9.59 Å². The molecule has 3 aliphatic heterocycles. The fourth-order valence-electron chi connectivity index (χ4n) is 6.03. The van der Waals surface area contributed by atoms with Gasteiger partial charge in [0.25, 0.3) is 0 Å². The van der Waals surface area contributed by atoms with E-state index in [4.69, 9.17) is 14.2 Å². The van der Waals surface area contributed by atoms with Crippen LogP contribution in [0.3, 0.4) is 0 Å². The fourth-order valence-corrected chi connectivity index (χ4v) is 6.03. The Balaban J connectivity index is 1.48. The van der Waals surface area contributed by atoms with Crippen molar-refractivity contribution in [1.29, 1.82) is 0 Å². The van der Waals surface area contributed by atoms with Crippen LogP contribution in [0.4, 0.5) is 11.4 Å². The Bertz CT molecular complexity index is 1480. The summed E-state index contributed by atoms with van der Waals surface area (Å²) in [5.41, 5.74) is 2.10. The Morgan fingerprint density at radius 2 is 1.68 bits per heavy atom. The lowest BCUT2D eigenvalue weighted by Crippen LogP contribution is -2.49. The quantitative estimate of drug-likeness (QED) is 0.391. The zero-order valence-electron chi connectivity index (χ0n) is 20.7. The first-order valence-electron chi connectivity index (χ1n) is 12.2. The van der Waals surface area contributed by atoms with Crippen molar-refractivity contribution < 1.29 is 28.6 Å². The zero-order valence-corrected chi connectivity index (χ0v) is 20.7. The van der Waals surface area contributed by atoms with Gasteiger partial charge in [0.05, 0.1) is 44.4 Å². The van der Waals surface area contributed by atoms with Crippen LogP contribution < -0.4 is 19.3 Å². The van der Waals surface area contributed by atoms with Crippen molar-refractivity contribution in [3.05, 3.63) is 66.2 Å². The van der Waals surface area contributed by atoms with Crippen LogP contribution in [-0.4, -0.2) is 50.7 Å². The molecule has 0 radical (unpaired) electrons. The summed E-state index contributed by atoms with van der Waals surface area (Å²) in [6.07, 6.45) is 3.93. The fraction of sp³-hybridized carbons (Fsp3) is 0.276. The first-order chi connectivity index (χ1) is 18.0. The molecular weight excluding hydrogens is 472 g/mol. The third-order valence-electron chi connectivity index (χ3n) is 7.57. The van der Waals surface area contributed by atoms with Crippen molar-refractivity contribution in [2.45, 2.75) is 19.0 Å². The van der Waals surface area contributed by atoms with Gasteiger partial charge < -0.3 is 19.1 Å². The number of esters is 1. The minimum atomic E-state index is -0.939. The molecular formula is C29H26N2O6. The molecule has 4 atom stereocenters. The molecule has 37 heavy (non-hydrogen) atoms. The molecule has 0 N–H and O–H groups in total. The number of hydrogen-bond donors (Lipinski definition) is 0. The number of anilines is 2. The molecule has 6 rings (SSSR count). The molecule has 3 aliphatic rings. The van der Waals surface area contributed by atoms with Crippen molar-refractivity contribution in [1.82, 2.24) is 0 Å². The maximum Gasteiger partial charge on any atom is 0.329 e. The number of hydrogen-bond acceptors (Lipinski definition) is 7. The third kappa shape index (κ3) is 3.25. The molecule has 8 nitrogen and oxygen atoms in total. The normalized spacial score (nSPS) is 23.6. The van der Waals surface area contributed by atoms with Gasteiger partial charge in [-0.25, -0.2) is 9.69 Å². The summed E-state index contributed by atoms with van der Waals surface area (Å²) in [5, 5.41) is 2.11. The topological polar surface area (TPSA) is 85.4 Å². The maximum absolute atomic E-state index is 14.0. The van der Waals surface area contributed by atoms with Gasteiger partial charge in [0.2, 0.25) is 11.8 Å². The summed E-state index contributed by atoms with van der Waals surface area (Å²) in [6.45, 7) is 1.90. The number of fused-ring (bicyclic) bond motifs is 7. The van der Waals surface area contributed by atoms with E-state index >= 15 is 0 Å². The lowest BCUT2D eigenvalue weighted by atomic mass is 9.88. The number of carbonyl (C=O) groups is 3. The lowest BCUT2D eigenvalue weighted by molar-refractivity contribution is -0.147. The highest BCUT2D eigenvalue weighted by atomic mass is 16.5. The van der Waals surface area contributed by atoms with Crippen molar-refractivity contribution in [2.24, 2.45) is 11.8 Å². The van der Waals surface area contributed by atoms with Crippen LogP contribution in [-0.2, 0) is 19.1 Å². The smallest absolute Gasteiger partial charge is 0.329 e. The minimum Gasteiger partial charge on any atom is -0.497 e. The van der Waals surface area contributed by atoms with E-state index in [-0.39, 0.29) is 12.5 Å². The van der Waals surface area contributed by atoms with Crippen molar-refractivity contribution in [2.75, 3.05) is 30.6 Å². The highest BCUT2D eigenvalue weighted by molar-refractivity contribution is 6.25. The third-order valence-corrected chi connectivity index (χ3v) is 7.57. The number of imide groups is 1. The zero-order chi connectivity index (χ0) is 25.8. The van der Waals surface area contributed by atoms with E-state index in [1.165, 1.54) is 14.2 Å². The molecule has 4 unspecified atom stereocenters. The Hall–Kier alpha value is -4.33. The minimum absolute atomic E-state index is 0.170. The van der Waals surface area contributed by atoms with Crippen LogP contribution in [0.1, 0.15) is 12.5 Å². The summed E-state index contributed by atoms with van der Waals surface area (Å²) in [6, 6.07) is 15.5. The second-order valence-electron chi connectivity index (χ2n) is 9.27. The molecule has 0 aromatic heterocycles. The molecule has 2 amide bonds. The van der Waals surface area contributed by atoms with Crippen LogP contribution in [0.2, 0.25) is 0 Å². The second-order valence-corrected chi connectivity index (χ2v) is 9.27. The van der Waals surface area contributed by atoms with E-state index in [1.807, 2.05) is 53.5 Å². The maximum atomic E-state index is 14.0. The Labute approximate surface area is 214 Å². The Kier molecular flexibility index (Phi) is 5.40. The van der Waals surface area contributed by atoms with Gasteiger partial charge in [0, 0.05) is 17.3 Å². The molecule has 0 aliphatic carbocycles. The second kappa shape index (κ2) is 8.65. The Morgan fingerprint density at radius 3 is 2.43 bits per heavy atom. The largest absolute Gasteiger partial charge is 0.497 e. The molecule has 188 valence electrons. The van der Waals surface area contributed by atoms with E-state index in [0.29, 0.717) is 17.2 Å². The number of ether oxygens (including phenoxy) is 3. The number of amides is 2. The molecule has 3 aromatic rings. The van der Waals surface area contributed by atoms with Gasteiger partial charge in [-0.2, -0.15) is 0 Å². The first kappa shape index (κ1) is 23.1. The number of rotatable bonds is 5. The van der Waals surface area contributed by atoms with E-state index in [0.717, 1.165) is 26.9 Å². The summed E-state index contributed by atoms with van der Waals surface area (Å²) in [5.74, 6) is -2.10. The van der Waals surface area contributed by atoms with Crippen molar-refractivity contribution >= 4 is 46.0 Å². The summed E-state index contributed by atoms with van der Waals surface area (Å²) >= 11 is 0. The molecule has 0 bridgehead atoms. The van der Waals surface area contributed by atoms with Gasteiger partial charge in [-0.1, -0.05) is 42.5 Å². The van der Waals surface area contributed by atoms with E-state index in [1.54, 1.807) is 25.1 Å². The van der Waals surface area contributed by atoms with Crippen LogP contribution in [0.5, 0.6) is 11.5 Å². The molecule has 3 heterocycles. The molecule has 2 fully saturated rings. The van der Waals surface area contributed by atoms with Gasteiger partial charge >= 0.3 is 5.97 Å². The van der Waals surface area contributed by atoms with Crippen LogP contribution >= 0.6 is 0 Å². The van der Waals surface area contributed by atoms with Crippen LogP contribution in [0, 0.1) is 11.8 Å². The molecule has 0 saturated carbocycles. The van der Waals surface area contributed by atoms with Gasteiger partial charge in [0.1, 0.15) is 17.5 Å². The van der Waals surface area contributed by atoms with Gasteiger partial charge in [-0.05, 0) is 35.9 Å². The standard InChI is InChI=1S/C29H26N2O6/c1-4-37-29(34)26-25-24(27(32)31(28(25)33)21-13-10-17(35-2)15-23(21)36-3)22-14-11-19-18-8-6-5-7-16(18)9-12-20(19)30(22)26/h5-15,22,24-26H,4H2,1-3H3. The van der Waals surface area contributed by atoms with Crippen molar-refractivity contribution in [3.63, 3.8) is 0 Å². The monoisotopic (exact) mass is 498 g/mol. The molecule has 0 spiro atoms. The highest BCUT2D eigenvalue weighted by Crippen LogP contribution is 2.51. The molecule has 3 aromatic carbocycles.